The van der Waals surface area contributed by atoms with E-state index in [-0.39, 0.29) is 0 Å². The third-order valence-corrected chi connectivity index (χ3v) is 3.06. The lowest BCUT2D eigenvalue weighted by molar-refractivity contribution is 0.192. The van der Waals surface area contributed by atoms with E-state index in [1.165, 1.54) is 24.0 Å². The summed E-state index contributed by atoms with van der Waals surface area (Å²) < 4.78 is 5.01. The molecule has 1 N–H and O–H groups in total. The molecule has 0 atom stereocenters. The Labute approximate surface area is 109 Å². The minimum Gasteiger partial charge on any atom is -0.385 e. The first-order chi connectivity index (χ1) is 8.24. The summed E-state index contributed by atoms with van der Waals surface area (Å²) in [6.45, 7) is 4.96. The van der Waals surface area contributed by atoms with E-state index < -0.39 is 0 Å². The van der Waals surface area contributed by atoms with E-state index in [1.54, 1.807) is 7.11 Å². The smallest absolute Gasteiger partial charge is 0.0462 e. The van der Waals surface area contributed by atoms with Crippen LogP contribution in [0, 0.1) is 6.92 Å². The summed E-state index contributed by atoms with van der Waals surface area (Å²) in [5, 5.41) is 4.27. The summed E-state index contributed by atoms with van der Waals surface area (Å²) in [4.78, 5) is 0. The largest absolute Gasteiger partial charge is 0.385 e. The van der Waals surface area contributed by atoms with Crippen molar-refractivity contribution in [3.05, 3.63) is 34.3 Å². The third kappa shape index (κ3) is 6.06. The highest BCUT2D eigenvalue weighted by Gasteiger charge is 1.98. The lowest BCUT2D eigenvalue weighted by Crippen LogP contribution is -2.15. The van der Waals surface area contributed by atoms with Crippen molar-refractivity contribution in [2.24, 2.45) is 0 Å². The van der Waals surface area contributed by atoms with Crippen LogP contribution in [0.2, 0.25) is 5.02 Å². The van der Waals surface area contributed by atoms with Gasteiger partial charge in [-0.1, -0.05) is 17.7 Å². The van der Waals surface area contributed by atoms with Gasteiger partial charge in [0.2, 0.25) is 0 Å². The van der Waals surface area contributed by atoms with Crippen molar-refractivity contribution in [2.75, 3.05) is 20.3 Å². The van der Waals surface area contributed by atoms with Crippen LogP contribution >= 0.6 is 11.6 Å². The molecule has 0 aromatic heterocycles. The normalized spacial score (nSPS) is 10.8. The molecule has 0 radical (unpaired) electrons. The molecule has 1 aromatic rings. The summed E-state index contributed by atoms with van der Waals surface area (Å²) in [5.41, 5.74) is 2.58. The van der Waals surface area contributed by atoms with Gasteiger partial charge in [0.05, 0.1) is 0 Å². The number of hydrogen-bond acceptors (Lipinski definition) is 2. The van der Waals surface area contributed by atoms with Crippen molar-refractivity contribution in [3.63, 3.8) is 0 Å². The standard InChI is InChI=1S/C14H22ClNO/c1-12-10-14(15)7-6-13(12)11-16-8-4-3-5-9-17-2/h6-7,10,16H,3-5,8-9,11H2,1-2H3. The average Bonchev–Trinajstić information content (AvgIpc) is 2.30. The highest BCUT2D eigenvalue weighted by molar-refractivity contribution is 6.30. The molecule has 96 valence electrons. The minimum absolute atomic E-state index is 0.811. The highest BCUT2D eigenvalue weighted by atomic mass is 35.5. The van der Waals surface area contributed by atoms with Gasteiger partial charge in [-0.05, 0) is 56.0 Å². The number of unbranched alkanes of at least 4 members (excludes halogenated alkanes) is 2. The number of benzene rings is 1. The maximum atomic E-state index is 5.92. The fourth-order valence-electron chi connectivity index (χ4n) is 1.75. The Morgan fingerprint density at radius 2 is 2.06 bits per heavy atom. The van der Waals surface area contributed by atoms with Crippen LogP contribution in [-0.2, 0) is 11.3 Å². The lowest BCUT2D eigenvalue weighted by atomic mass is 10.1. The molecular formula is C14H22ClNO. The van der Waals surface area contributed by atoms with Gasteiger partial charge < -0.3 is 10.1 Å². The molecule has 0 bridgehead atoms. The molecule has 1 rings (SSSR count). The van der Waals surface area contributed by atoms with Gasteiger partial charge in [-0.15, -0.1) is 0 Å². The van der Waals surface area contributed by atoms with Gasteiger partial charge in [-0.2, -0.15) is 0 Å². The SMILES string of the molecule is COCCCCCNCc1ccc(Cl)cc1C. The molecule has 3 heteroatoms. The maximum Gasteiger partial charge on any atom is 0.0462 e. The Kier molecular flexibility index (Phi) is 7.25. The van der Waals surface area contributed by atoms with E-state index >= 15 is 0 Å². The number of nitrogens with one attached hydrogen (secondary N) is 1. The number of halogens is 1. The van der Waals surface area contributed by atoms with E-state index in [0.717, 1.165) is 31.1 Å². The second kappa shape index (κ2) is 8.51. The predicted octanol–water partition coefficient (Wildman–Crippen LogP) is 3.55. The molecule has 0 fully saturated rings. The molecule has 0 spiro atoms. The van der Waals surface area contributed by atoms with E-state index in [4.69, 9.17) is 16.3 Å². The third-order valence-electron chi connectivity index (χ3n) is 2.82. The summed E-state index contributed by atoms with van der Waals surface area (Å²) in [5.74, 6) is 0. The molecule has 0 saturated carbocycles. The lowest BCUT2D eigenvalue weighted by Gasteiger charge is -2.08. The van der Waals surface area contributed by atoms with Crippen molar-refractivity contribution in [1.29, 1.82) is 0 Å². The molecule has 2 nitrogen and oxygen atoms in total. The molecule has 0 amide bonds. The molecular weight excluding hydrogens is 234 g/mol. The van der Waals surface area contributed by atoms with Crippen molar-refractivity contribution < 1.29 is 4.74 Å². The molecule has 0 saturated heterocycles. The molecule has 0 heterocycles. The van der Waals surface area contributed by atoms with Crippen molar-refractivity contribution in [1.82, 2.24) is 5.32 Å². The Balaban J connectivity index is 2.14. The zero-order chi connectivity index (χ0) is 12.5. The van der Waals surface area contributed by atoms with Gasteiger partial charge in [0.25, 0.3) is 0 Å². The average molecular weight is 256 g/mol. The van der Waals surface area contributed by atoms with Crippen LogP contribution in [0.15, 0.2) is 18.2 Å². The topological polar surface area (TPSA) is 21.3 Å². The highest BCUT2D eigenvalue weighted by Crippen LogP contribution is 2.14. The van der Waals surface area contributed by atoms with E-state index in [0.29, 0.717) is 0 Å². The predicted molar refractivity (Wildman–Crippen MR) is 73.6 cm³/mol. The van der Waals surface area contributed by atoms with Gasteiger partial charge in [0.15, 0.2) is 0 Å². The van der Waals surface area contributed by atoms with Gasteiger partial charge in [0, 0.05) is 25.3 Å². The molecule has 1 aromatic carbocycles. The van der Waals surface area contributed by atoms with Crippen LogP contribution < -0.4 is 5.32 Å². The minimum atomic E-state index is 0.811. The van der Waals surface area contributed by atoms with Crippen LogP contribution in [-0.4, -0.2) is 20.3 Å². The molecule has 0 aliphatic rings. The molecule has 0 aliphatic heterocycles. The van der Waals surface area contributed by atoms with E-state index in [1.807, 2.05) is 12.1 Å². The summed E-state index contributed by atoms with van der Waals surface area (Å²) >= 11 is 5.92. The van der Waals surface area contributed by atoms with Crippen molar-refractivity contribution in [3.8, 4) is 0 Å². The van der Waals surface area contributed by atoms with Crippen LogP contribution in [0.5, 0.6) is 0 Å². The summed E-state index contributed by atoms with van der Waals surface area (Å²) in [6, 6.07) is 6.05. The van der Waals surface area contributed by atoms with Gasteiger partial charge in [-0.25, -0.2) is 0 Å². The number of hydrogen-bond donors (Lipinski definition) is 1. The Hall–Kier alpha value is -0.570. The zero-order valence-corrected chi connectivity index (χ0v) is 11.5. The Bertz CT molecular complexity index is 328. The van der Waals surface area contributed by atoms with Crippen LogP contribution in [0.4, 0.5) is 0 Å². The fourth-order valence-corrected chi connectivity index (χ4v) is 1.98. The van der Waals surface area contributed by atoms with Gasteiger partial charge in [0.1, 0.15) is 0 Å². The second-order valence-electron chi connectivity index (χ2n) is 4.30. The Morgan fingerprint density at radius 1 is 1.24 bits per heavy atom. The van der Waals surface area contributed by atoms with Gasteiger partial charge in [-0.3, -0.25) is 0 Å². The van der Waals surface area contributed by atoms with Gasteiger partial charge >= 0.3 is 0 Å². The fraction of sp³-hybridized carbons (Fsp3) is 0.571. The molecule has 0 aliphatic carbocycles. The second-order valence-corrected chi connectivity index (χ2v) is 4.74. The molecule has 17 heavy (non-hydrogen) atoms. The quantitative estimate of drug-likeness (QED) is 0.718. The first-order valence-electron chi connectivity index (χ1n) is 6.18. The first kappa shape index (κ1) is 14.5. The molecule has 0 unspecified atom stereocenters. The van der Waals surface area contributed by atoms with E-state index in [9.17, 15) is 0 Å². The van der Waals surface area contributed by atoms with Crippen molar-refractivity contribution in [2.45, 2.75) is 32.7 Å². The van der Waals surface area contributed by atoms with Crippen LogP contribution in [0.1, 0.15) is 30.4 Å². The summed E-state index contributed by atoms with van der Waals surface area (Å²) in [7, 11) is 1.75. The van der Waals surface area contributed by atoms with Crippen LogP contribution in [0.25, 0.3) is 0 Å². The monoisotopic (exact) mass is 255 g/mol. The van der Waals surface area contributed by atoms with Crippen molar-refractivity contribution >= 4 is 11.6 Å². The Morgan fingerprint density at radius 3 is 2.76 bits per heavy atom. The number of aryl methyl sites for hydroxylation is 1. The number of rotatable bonds is 8. The number of methoxy groups -OCH3 is 1. The zero-order valence-electron chi connectivity index (χ0n) is 10.8. The van der Waals surface area contributed by atoms with Crippen LogP contribution in [0.3, 0.4) is 0 Å². The maximum absolute atomic E-state index is 5.92. The first-order valence-corrected chi connectivity index (χ1v) is 6.56. The summed E-state index contributed by atoms with van der Waals surface area (Å²) in [6.07, 6.45) is 3.58. The van der Waals surface area contributed by atoms with E-state index in [2.05, 4.69) is 18.3 Å². The number of ether oxygens (including phenoxy) is 1.